The Bertz CT molecular complexity index is 1460. The molecule has 0 unspecified atom stereocenters. The van der Waals surface area contributed by atoms with E-state index in [4.69, 9.17) is 24.8 Å². The molecule has 2 aliphatic heterocycles. The molecule has 3 heterocycles. The number of anilines is 1. The summed E-state index contributed by atoms with van der Waals surface area (Å²) in [6.45, 7) is 8.01. The minimum atomic E-state index is -2.27. The second-order valence-electron chi connectivity index (χ2n) is 13.9. The fraction of sp³-hybridized carbons (Fsp3) is 0.667. The Morgan fingerprint density at radius 1 is 0.935 bits per heavy atom. The highest BCUT2D eigenvalue weighted by Crippen LogP contribution is 2.63. The molecular formula is C33H44N4O8S. The Labute approximate surface area is 272 Å². The van der Waals surface area contributed by atoms with Crippen LogP contribution in [-0.4, -0.2) is 110 Å². The van der Waals surface area contributed by atoms with Gasteiger partial charge in [0.2, 0.25) is 11.8 Å². The summed E-state index contributed by atoms with van der Waals surface area (Å²) in [5.41, 5.74) is -0.402. The topological polar surface area (TPSA) is 172 Å². The van der Waals surface area contributed by atoms with Crippen molar-refractivity contribution >= 4 is 51.2 Å². The Balaban J connectivity index is 0.000000324. The molecule has 2 aromatic rings. The van der Waals surface area contributed by atoms with Crippen LogP contribution in [0.1, 0.15) is 51.9 Å². The van der Waals surface area contributed by atoms with Gasteiger partial charge in [0, 0.05) is 44.7 Å². The lowest BCUT2D eigenvalue weighted by atomic mass is 9.69. The largest absolute Gasteiger partial charge is 0.479 e. The van der Waals surface area contributed by atoms with Crippen molar-refractivity contribution < 1.29 is 39.6 Å². The van der Waals surface area contributed by atoms with Gasteiger partial charge in [0.1, 0.15) is 5.82 Å². The number of benzene rings is 1. The average Bonchev–Trinajstić information content (AvgIpc) is 3.81. The van der Waals surface area contributed by atoms with Gasteiger partial charge in [0.15, 0.2) is 12.2 Å². The molecule has 0 spiro atoms. The van der Waals surface area contributed by atoms with E-state index in [9.17, 15) is 19.2 Å². The van der Waals surface area contributed by atoms with Crippen LogP contribution in [0.15, 0.2) is 24.3 Å². The van der Waals surface area contributed by atoms with Gasteiger partial charge >= 0.3 is 11.9 Å². The van der Waals surface area contributed by atoms with Crippen LogP contribution in [0.5, 0.6) is 0 Å². The number of aromatic nitrogens is 1. The molecule has 46 heavy (non-hydrogen) atoms. The third kappa shape index (κ3) is 5.91. The molecular weight excluding hydrogens is 612 g/mol. The number of aliphatic hydroxyl groups excluding tert-OH is 2. The van der Waals surface area contributed by atoms with Crippen LogP contribution in [0, 0.1) is 35.0 Å². The van der Waals surface area contributed by atoms with E-state index in [1.54, 1.807) is 16.4 Å². The summed E-state index contributed by atoms with van der Waals surface area (Å²) >= 11 is 1.60. The van der Waals surface area contributed by atoms with E-state index >= 15 is 0 Å². The summed E-state index contributed by atoms with van der Waals surface area (Å²) in [4.78, 5) is 53.4. The maximum Gasteiger partial charge on any atom is 0.335 e. The molecule has 3 aliphatic carbocycles. The zero-order valence-corrected chi connectivity index (χ0v) is 27.0. The first-order valence-electron chi connectivity index (χ1n) is 16.5. The highest BCUT2D eigenvalue weighted by Gasteiger charge is 2.68. The first-order valence-corrected chi connectivity index (χ1v) is 17.3. The lowest BCUT2D eigenvalue weighted by Crippen LogP contribution is -2.50. The van der Waals surface area contributed by atoms with Crippen molar-refractivity contribution in [2.75, 3.05) is 44.2 Å². The van der Waals surface area contributed by atoms with Crippen molar-refractivity contribution in [3.63, 3.8) is 0 Å². The van der Waals surface area contributed by atoms with Crippen LogP contribution in [0.4, 0.5) is 5.82 Å². The molecule has 12 nitrogen and oxygen atoms in total. The van der Waals surface area contributed by atoms with Crippen molar-refractivity contribution in [2.45, 2.75) is 64.1 Å². The van der Waals surface area contributed by atoms with E-state index in [2.05, 4.69) is 41.0 Å². The van der Waals surface area contributed by atoms with Crippen LogP contribution >= 0.6 is 11.5 Å². The van der Waals surface area contributed by atoms with Crippen LogP contribution in [0.25, 0.3) is 10.1 Å². The second kappa shape index (κ2) is 13.2. The third-order valence-corrected chi connectivity index (χ3v) is 12.3. The number of piperazine rings is 1. The number of nitrogens with zero attached hydrogens (tertiary/aromatic N) is 4. The number of fused-ring (bicyclic) bond motifs is 6. The van der Waals surface area contributed by atoms with Gasteiger partial charge in [-0.05, 0) is 86.4 Å². The fourth-order valence-electron chi connectivity index (χ4n) is 8.95. The molecule has 5 aliphatic rings. The van der Waals surface area contributed by atoms with Gasteiger partial charge in [-0.3, -0.25) is 19.4 Å². The highest BCUT2D eigenvalue weighted by molar-refractivity contribution is 7.13. The number of aliphatic hydroxyl groups is 2. The molecule has 7 rings (SSSR count). The first kappa shape index (κ1) is 32.8. The second-order valence-corrected chi connectivity index (χ2v) is 14.8. The molecule has 0 radical (unpaired) electrons. The number of likely N-dealkylation sites (tertiary alicyclic amines) is 1. The minimum Gasteiger partial charge on any atom is -0.479 e. The normalized spacial score (nSPS) is 32.3. The lowest BCUT2D eigenvalue weighted by Gasteiger charge is -2.40. The number of carboxylic acid groups (broad SMARTS) is 2. The van der Waals surface area contributed by atoms with Gasteiger partial charge in [-0.25, -0.2) is 9.59 Å². The van der Waals surface area contributed by atoms with Crippen molar-refractivity contribution in [3.8, 4) is 0 Å². The molecule has 2 bridgehead atoms. The summed E-state index contributed by atoms with van der Waals surface area (Å²) in [5.74, 6) is -0.170. The van der Waals surface area contributed by atoms with Gasteiger partial charge in [0.25, 0.3) is 0 Å². The Morgan fingerprint density at radius 2 is 1.57 bits per heavy atom. The number of aliphatic carboxylic acids is 2. The van der Waals surface area contributed by atoms with Crippen molar-refractivity contribution in [3.05, 3.63) is 24.3 Å². The summed E-state index contributed by atoms with van der Waals surface area (Å²) < 4.78 is 6.03. The van der Waals surface area contributed by atoms with Gasteiger partial charge in [0.05, 0.1) is 16.0 Å². The van der Waals surface area contributed by atoms with Crippen molar-refractivity contribution in [2.24, 2.45) is 35.0 Å². The number of hydrogen-bond donors (Lipinski definition) is 4. The molecule has 1 aromatic carbocycles. The Morgan fingerprint density at radius 3 is 2.20 bits per heavy atom. The molecule has 2 saturated heterocycles. The monoisotopic (exact) mass is 656 g/mol. The van der Waals surface area contributed by atoms with E-state index in [0.717, 1.165) is 64.2 Å². The third-order valence-electron chi connectivity index (χ3n) is 11.5. The summed E-state index contributed by atoms with van der Waals surface area (Å²) in [6, 6.07) is 8.54. The van der Waals surface area contributed by atoms with E-state index in [0.29, 0.717) is 30.2 Å². The zero-order chi connectivity index (χ0) is 32.7. The number of amides is 2. The number of rotatable bonds is 8. The van der Waals surface area contributed by atoms with Crippen LogP contribution in [-0.2, 0) is 19.2 Å². The molecule has 1 aromatic heterocycles. The number of imide groups is 1. The van der Waals surface area contributed by atoms with Gasteiger partial charge in [-0.2, -0.15) is 4.37 Å². The summed E-state index contributed by atoms with van der Waals surface area (Å²) in [5, 5.41) is 33.8. The molecule has 4 N–H and O–H groups in total. The first-order chi connectivity index (χ1) is 22.0. The molecule has 5 fully saturated rings. The molecule has 8 atom stereocenters. The maximum atomic E-state index is 13.6. The molecule has 2 amide bonds. The predicted molar refractivity (Wildman–Crippen MR) is 170 cm³/mol. The standard InChI is InChI=1S/C29H38N4O2S.C4H6O6/c1-29-22-11-10-19(16-22)25(29)27(34)33(28(29)35)18-21-7-3-2-6-20(21)17-31-12-14-32(15-13-31)26-23-8-4-5-9-24(23)36-30-26;5-1(3(7)8)2(6)4(9)10/h4-5,8-9,19-22,25H,2-3,6-7,10-18H2,1H3;1-2,5-6H,(H,7,8)(H,9,10)/t19-,20-,21-,22+,25-,29-;1-,2-/m00/s1. The van der Waals surface area contributed by atoms with Gasteiger partial charge in [-0.15, -0.1) is 0 Å². The molecule has 250 valence electrons. The SMILES string of the molecule is C[C@@]12C(=O)N(C[C@@H]3CCCC[C@H]3CN3CCN(c4nsc5ccccc45)CC3)C(=O)[C@@H]1[C@H]1CC[C@@H]2C1.O=C(O)[C@@H](O)[C@H](O)C(=O)O. The van der Waals surface area contributed by atoms with Crippen molar-refractivity contribution in [1.82, 2.24) is 14.2 Å². The number of carboxylic acids is 2. The van der Waals surface area contributed by atoms with E-state index < -0.39 is 29.6 Å². The smallest absolute Gasteiger partial charge is 0.335 e. The highest BCUT2D eigenvalue weighted by atomic mass is 32.1. The fourth-order valence-corrected chi connectivity index (χ4v) is 9.74. The zero-order valence-electron chi connectivity index (χ0n) is 26.2. The number of hydrogen-bond acceptors (Lipinski definition) is 10. The Kier molecular flexibility index (Phi) is 9.39. The van der Waals surface area contributed by atoms with Gasteiger partial charge < -0.3 is 25.3 Å². The minimum absolute atomic E-state index is 0.0272. The summed E-state index contributed by atoms with van der Waals surface area (Å²) in [7, 11) is 0. The van der Waals surface area contributed by atoms with E-state index in [1.165, 1.54) is 29.3 Å². The van der Waals surface area contributed by atoms with Crippen LogP contribution in [0.3, 0.4) is 0 Å². The number of carbonyl (C=O) groups excluding carboxylic acids is 2. The molecule has 13 heteroatoms. The average molecular weight is 657 g/mol. The lowest BCUT2D eigenvalue weighted by molar-refractivity contribution is -0.165. The van der Waals surface area contributed by atoms with Crippen molar-refractivity contribution in [1.29, 1.82) is 0 Å². The predicted octanol–water partition coefficient (Wildman–Crippen LogP) is 2.52. The quantitative estimate of drug-likeness (QED) is 0.308. The Hall–Kier alpha value is -3.13. The maximum absolute atomic E-state index is 13.6. The van der Waals surface area contributed by atoms with Crippen LogP contribution in [0.2, 0.25) is 0 Å². The van der Waals surface area contributed by atoms with E-state index in [-0.39, 0.29) is 17.7 Å². The molecule has 3 saturated carbocycles. The number of carbonyl (C=O) groups is 4. The van der Waals surface area contributed by atoms with Gasteiger partial charge in [-0.1, -0.05) is 25.0 Å². The van der Waals surface area contributed by atoms with Crippen LogP contribution < -0.4 is 4.90 Å². The van der Waals surface area contributed by atoms with E-state index in [1.807, 2.05) is 0 Å². The summed E-state index contributed by atoms with van der Waals surface area (Å²) in [6.07, 6.45) is 3.74.